The van der Waals surface area contributed by atoms with Gasteiger partial charge in [0.25, 0.3) is 0 Å². The summed E-state index contributed by atoms with van der Waals surface area (Å²) >= 11 is 0. The molecule has 0 rings (SSSR count). The number of methoxy groups -OCH3 is 1. The van der Waals surface area contributed by atoms with Gasteiger partial charge in [0.2, 0.25) is 0 Å². The van der Waals surface area contributed by atoms with Crippen LogP contribution in [0.15, 0.2) is 12.7 Å². The smallest absolute Gasteiger partial charge is 0.105 e. The highest BCUT2D eigenvalue weighted by Gasteiger charge is 2.28. The second-order valence-corrected chi connectivity index (χ2v) is 6.96. The largest absolute Gasteiger partial charge is 0.385 e. The molecular weight excluding hydrogens is 245 g/mol. The van der Waals surface area contributed by atoms with Gasteiger partial charge in [0.05, 0.1) is 6.61 Å². The minimum absolute atomic E-state index is 0.572. The number of hydrogen-bond donors (Lipinski definition) is 1. The lowest BCUT2D eigenvalue weighted by Gasteiger charge is -2.33. The molecule has 0 saturated heterocycles. The highest BCUT2D eigenvalue weighted by molar-refractivity contribution is 7.51. The molecule has 18 heavy (non-hydrogen) atoms. The molecule has 0 heterocycles. The Labute approximate surface area is 114 Å². The highest BCUT2D eigenvalue weighted by Crippen LogP contribution is 2.45. The molecular formula is C14H30NO2P. The SMILES string of the molecule is C=CCNP(OCCCOC)C(C(C)C)C(C)C. The van der Waals surface area contributed by atoms with Gasteiger partial charge in [-0.1, -0.05) is 33.8 Å². The predicted octanol–water partition coefficient (Wildman–Crippen LogP) is 3.81. The van der Waals surface area contributed by atoms with E-state index < -0.39 is 8.30 Å². The van der Waals surface area contributed by atoms with Crippen molar-refractivity contribution in [2.24, 2.45) is 11.8 Å². The molecule has 1 unspecified atom stereocenters. The standard InChI is InChI=1S/C14H30NO2P/c1-7-9-15-18(17-11-8-10-16-6)14(12(2)3)13(4)5/h7,12-15H,1,8-11H2,2-6H3. The van der Waals surface area contributed by atoms with Crippen LogP contribution in [0.25, 0.3) is 0 Å². The zero-order valence-electron chi connectivity index (χ0n) is 12.6. The maximum atomic E-state index is 6.06. The van der Waals surface area contributed by atoms with E-state index in [-0.39, 0.29) is 0 Å². The average molecular weight is 275 g/mol. The van der Waals surface area contributed by atoms with Crippen molar-refractivity contribution in [3.8, 4) is 0 Å². The maximum Gasteiger partial charge on any atom is 0.105 e. The van der Waals surface area contributed by atoms with Crippen molar-refractivity contribution < 1.29 is 9.26 Å². The van der Waals surface area contributed by atoms with Crippen LogP contribution in [0, 0.1) is 11.8 Å². The first kappa shape index (κ1) is 18.0. The molecule has 0 aromatic rings. The molecule has 0 aromatic carbocycles. The summed E-state index contributed by atoms with van der Waals surface area (Å²) in [6.45, 7) is 15.2. The molecule has 0 radical (unpaired) electrons. The molecule has 0 bridgehead atoms. The van der Waals surface area contributed by atoms with E-state index >= 15 is 0 Å². The average Bonchev–Trinajstić information content (AvgIpc) is 2.30. The van der Waals surface area contributed by atoms with Gasteiger partial charge >= 0.3 is 0 Å². The Bertz CT molecular complexity index is 202. The second kappa shape index (κ2) is 10.9. The zero-order chi connectivity index (χ0) is 14.0. The van der Waals surface area contributed by atoms with Gasteiger partial charge in [0.1, 0.15) is 8.30 Å². The Morgan fingerprint density at radius 1 is 1.17 bits per heavy atom. The highest BCUT2D eigenvalue weighted by atomic mass is 31.2. The van der Waals surface area contributed by atoms with Crippen molar-refractivity contribution in [1.29, 1.82) is 0 Å². The fourth-order valence-corrected chi connectivity index (χ4v) is 4.26. The van der Waals surface area contributed by atoms with E-state index in [0.717, 1.165) is 26.2 Å². The van der Waals surface area contributed by atoms with Crippen LogP contribution in [0.3, 0.4) is 0 Å². The summed E-state index contributed by atoms with van der Waals surface area (Å²) in [5, 5.41) is 3.49. The van der Waals surface area contributed by atoms with Crippen molar-refractivity contribution in [2.75, 3.05) is 26.9 Å². The van der Waals surface area contributed by atoms with Crippen molar-refractivity contribution in [3.63, 3.8) is 0 Å². The normalized spacial score (nSPS) is 13.6. The van der Waals surface area contributed by atoms with E-state index in [4.69, 9.17) is 9.26 Å². The van der Waals surface area contributed by atoms with Crippen LogP contribution in [0.2, 0.25) is 0 Å². The Morgan fingerprint density at radius 2 is 1.78 bits per heavy atom. The maximum absolute atomic E-state index is 6.06. The lowest BCUT2D eigenvalue weighted by molar-refractivity contribution is 0.174. The van der Waals surface area contributed by atoms with Gasteiger partial charge in [0.15, 0.2) is 0 Å². The van der Waals surface area contributed by atoms with Crippen LogP contribution in [0.5, 0.6) is 0 Å². The number of hydrogen-bond acceptors (Lipinski definition) is 3. The van der Waals surface area contributed by atoms with Crippen LogP contribution in [-0.2, 0) is 9.26 Å². The molecule has 0 saturated carbocycles. The molecule has 0 aliphatic rings. The number of rotatable bonds is 11. The summed E-state index contributed by atoms with van der Waals surface area (Å²) in [6, 6.07) is 0. The van der Waals surface area contributed by atoms with E-state index in [2.05, 4.69) is 39.4 Å². The van der Waals surface area contributed by atoms with Gasteiger partial charge in [-0.3, -0.25) is 5.09 Å². The van der Waals surface area contributed by atoms with Gasteiger partial charge in [-0.25, -0.2) is 0 Å². The molecule has 0 spiro atoms. The summed E-state index contributed by atoms with van der Waals surface area (Å²) in [5.41, 5.74) is 0.572. The molecule has 0 aromatic heterocycles. The molecule has 1 atom stereocenters. The third kappa shape index (κ3) is 7.48. The van der Waals surface area contributed by atoms with Crippen molar-refractivity contribution in [1.82, 2.24) is 5.09 Å². The molecule has 0 aliphatic carbocycles. The molecule has 3 nitrogen and oxygen atoms in total. The van der Waals surface area contributed by atoms with Gasteiger partial charge in [-0.05, 0) is 18.3 Å². The van der Waals surface area contributed by atoms with Crippen LogP contribution in [0.1, 0.15) is 34.1 Å². The topological polar surface area (TPSA) is 30.5 Å². The van der Waals surface area contributed by atoms with E-state index in [1.807, 2.05) is 6.08 Å². The van der Waals surface area contributed by atoms with Gasteiger partial charge in [-0.15, -0.1) is 6.58 Å². The predicted molar refractivity (Wildman–Crippen MR) is 81.0 cm³/mol. The summed E-state index contributed by atoms with van der Waals surface area (Å²) in [5.74, 6) is 1.24. The Hall–Kier alpha value is 0.0500. The molecule has 108 valence electrons. The number of nitrogens with one attached hydrogen (secondary N) is 1. The minimum atomic E-state index is -0.602. The van der Waals surface area contributed by atoms with Crippen molar-refractivity contribution >= 4 is 8.30 Å². The lowest BCUT2D eigenvalue weighted by atomic mass is 10.00. The minimum Gasteiger partial charge on any atom is -0.385 e. The number of ether oxygens (including phenoxy) is 1. The van der Waals surface area contributed by atoms with Gasteiger partial charge in [0, 0.05) is 25.9 Å². The first-order chi connectivity index (χ1) is 8.54. The summed E-state index contributed by atoms with van der Waals surface area (Å²) in [6.07, 6.45) is 2.85. The lowest BCUT2D eigenvalue weighted by Crippen LogP contribution is -2.28. The van der Waals surface area contributed by atoms with Crippen LogP contribution >= 0.6 is 8.30 Å². The van der Waals surface area contributed by atoms with E-state index in [1.165, 1.54) is 0 Å². The van der Waals surface area contributed by atoms with E-state index in [9.17, 15) is 0 Å². The molecule has 0 amide bonds. The molecule has 1 N–H and O–H groups in total. The molecule has 0 fully saturated rings. The van der Waals surface area contributed by atoms with Crippen molar-refractivity contribution in [3.05, 3.63) is 12.7 Å². The Kier molecular flexibility index (Phi) is 11.0. The zero-order valence-corrected chi connectivity index (χ0v) is 13.5. The Morgan fingerprint density at radius 3 is 2.22 bits per heavy atom. The fourth-order valence-electron chi connectivity index (χ4n) is 2.07. The molecule has 4 heteroatoms. The van der Waals surface area contributed by atoms with E-state index in [0.29, 0.717) is 17.5 Å². The van der Waals surface area contributed by atoms with Gasteiger partial charge < -0.3 is 9.26 Å². The Balaban J connectivity index is 4.37. The fraction of sp³-hybridized carbons (Fsp3) is 0.857. The van der Waals surface area contributed by atoms with Crippen LogP contribution in [-0.4, -0.2) is 32.5 Å². The van der Waals surface area contributed by atoms with Crippen molar-refractivity contribution in [2.45, 2.75) is 39.8 Å². The van der Waals surface area contributed by atoms with Crippen LogP contribution in [0.4, 0.5) is 0 Å². The first-order valence-corrected chi connectivity index (χ1v) is 8.12. The first-order valence-electron chi connectivity index (χ1n) is 6.80. The van der Waals surface area contributed by atoms with E-state index in [1.54, 1.807) is 7.11 Å². The summed E-state index contributed by atoms with van der Waals surface area (Å²) in [4.78, 5) is 0. The second-order valence-electron chi connectivity index (χ2n) is 5.13. The summed E-state index contributed by atoms with van der Waals surface area (Å²) in [7, 11) is 1.12. The summed E-state index contributed by atoms with van der Waals surface area (Å²) < 4.78 is 11.1. The monoisotopic (exact) mass is 275 g/mol. The third-order valence-corrected chi connectivity index (χ3v) is 5.44. The van der Waals surface area contributed by atoms with Crippen LogP contribution < -0.4 is 5.09 Å². The molecule has 0 aliphatic heterocycles. The van der Waals surface area contributed by atoms with Gasteiger partial charge in [-0.2, -0.15) is 0 Å². The third-order valence-electron chi connectivity index (χ3n) is 2.75. The quantitative estimate of drug-likeness (QED) is 0.353.